The molecule has 0 radical (unpaired) electrons. The van der Waals surface area contributed by atoms with Crippen molar-refractivity contribution >= 4 is 24.3 Å². The molecule has 2 heterocycles. The van der Waals surface area contributed by atoms with E-state index in [0.29, 0.717) is 13.0 Å². The predicted octanol–water partition coefficient (Wildman–Crippen LogP) is 3.34. The molecule has 2 saturated carbocycles. The summed E-state index contributed by atoms with van der Waals surface area (Å²) in [4.78, 5) is 24.6. The average Bonchev–Trinajstić information content (AvgIpc) is 3.75. The van der Waals surface area contributed by atoms with Crippen molar-refractivity contribution in [3.63, 3.8) is 0 Å². The number of hydrogen-bond acceptors (Lipinski definition) is 8. The lowest BCUT2D eigenvalue weighted by molar-refractivity contribution is -0.120. The number of epoxide rings is 2. The van der Waals surface area contributed by atoms with Crippen LogP contribution < -0.4 is 15.4 Å². The van der Waals surface area contributed by atoms with E-state index in [4.69, 9.17) is 18.9 Å². The van der Waals surface area contributed by atoms with Crippen LogP contribution in [0, 0.1) is 5.92 Å². The van der Waals surface area contributed by atoms with Crippen LogP contribution in [0.5, 0.6) is 0 Å². The minimum atomic E-state index is -0.437. The first-order chi connectivity index (χ1) is 17.2. The number of carbonyl (C=O) groups excluding carboxylic acids is 2. The second-order valence-corrected chi connectivity index (χ2v) is 11.4. The van der Waals surface area contributed by atoms with Crippen LogP contribution in [0.1, 0.15) is 65.7 Å². The number of nitrogens with one attached hydrogen (secondary N) is 3. The molecule has 3 N–H and O–H groups in total. The number of methoxy groups -OCH3 is 1. The molecule has 0 aromatic rings. The van der Waals surface area contributed by atoms with Crippen LogP contribution in [0.15, 0.2) is 11.6 Å². The quantitative estimate of drug-likeness (QED) is 0.224. The van der Waals surface area contributed by atoms with E-state index in [0.717, 1.165) is 38.5 Å². The summed E-state index contributed by atoms with van der Waals surface area (Å²) >= 11 is -0.0711. The van der Waals surface area contributed by atoms with Gasteiger partial charge in [-0.25, -0.2) is 9.52 Å². The number of rotatable bonds is 10. The Morgan fingerprint density at radius 2 is 1.81 bits per heavy atom. The van der Waals surface area contributed by atoms with E-state index in [1.807, 2.05) is 0 Å². The van der Waals surface area contributed by atoms with Gasteiger partial charge in [0.1, 0.15) is 35.7 Å². The summed E-state index contributed by atoms with van der Waals surface area (Å²) in [5.74, 6) is -0.247. The Labute approximate surface area is 217 Å². The third-order valence-electron chi connectivity index (χ3n) is 8.20. The molecule has 11 heteroatoms. The minimum Gasteiger partial charge on any atom is -0.443 e. The van der Waals surface area contributed by atoms with E-state index in [1.54, 1.807) is 7.11 Å². The van der Waals surface area contributed by atoms with Gasteiger partial charge in [-0.2, -0.15) is 0 Å². The number of hydrogen-bond donors (Lipinski definition) is 3. The van der Waals surface area contributed by atoms with E-state index in [-0.39, 0.29) is 72.3 Å². The maximum absolute atomic E-state index is 12.8. The number of allylic oxidation sites excluding steroid dienone is 1. The molecular formula is C25H40FN3O6S. The zero-order valence-corrected chi connectivity index (χ0v) is 22.5. The van der Waals surface area contributed by atoms with E-state index < -0.39 is 6.09 Å². The van der Waals surface area contributed by atoms with Gasteiger partial charge in [0.25, 0.3) is 0 Å². The first-order valence-electron chi connectivity index (χ1n) is 13.0. The molecular weight excluding hydrogens is 489 g/mol. The highest BCUT2D eigenvalue weighted by Gasteiger charge is 2.72. The van der Waals surface area contributed by atoms with E-state index in [2.05, 4.69) is 42.2 Å². The van der Waals surface area contributed by atoms with Crippen LogP contribution in [0.4, 0.5) is 8.68 Å². The average molecular weight is 530 g/mol. The van der Waals surface area contributed by atoms with Gasteiger partial charge in [0.05, 0.1) is 25.2 Å². The first-order valence-corrected chi connectivity index (χ1v) is 13.7. The van der Waals surface area contributed by atoms with Crippen LogP contribution in [0.25, 0.3) is 0 Å². The fraction of sp³-hybridized carbons (Fsp3) is 0.840. The van der Waals surface area contributed by atoms with Crippen molar-refractivity contribution in [1.82, 2.24) is 15.4 Å². The Hall–Kier alpha value is -1.40. The summed E-state index contributed by atoms with van der Waals surface area (Å²) in [5, 5.41) is 5.90. The van der Waals surface area contributed by atoms with Crippen molar-refractivity contribution in [2.75, 3.05) is 20.3 Å². The summed E-state index contributed by atoms with van der Waals surface area (Å²) in [6.07, 6.45) is 6.48. The number of halogens is 1. The summed E-state index contributed by atoms with van der Waals surface area (Å²) in [6.45, 7) is 6.91. The molecule has 4 aliphatic rings. The maximum Gasteiger partial charge on any atom is 0.407 e. The molecule has 0 bridgehead atoms. The number of alkyl carbamates (subject to hydrolysis) is 1. The van der Waals surface area contributed by atoms with E-state index in [1.165, 1.54) is 5.57 Å². The van der Waals surface area contributed by atoms with Gasteiger partial charge in [0, 0.05) is 19.2 Å². The fourth-order valence-electron chi connectivity index (χ4n) is 6.16. The second kappa shape index (κ2) is 11.6. The second-order valence-electron chi connectivity index (χ2n) is 11.0. The SMILES string of the molecule is COC1C(OC(=O)NC2CCC(NC(=O)CNSF)CC2)CCC2(CO2)C1C1(C)O[C@@H]1CC=C(C)C. The fourth-order valence-corrected chi connectivity index (χ4v) is 6.35. The van der Waals surface area contributed by atoms with Gasteiger partial charge in [0.2, 0.25) is 5.91 Å². The molecule has 1 spiro atoms. The number of carbonyl (C=O) groups is 2. The molecule has 0 aromatic heterocycles. The van der Waals surface area contributed by atoms with Gasteiger partial charge in [-0.1, -0.05) is 11.6 Å². The molecule has 36 heavy (non-hydrogen) atoms. The monoisotopic (exact) mass is 529 g/mol. The van der Waals surface area contributed by atoms with Crippen molar-refractivity contribution in [1.29, 1.82) is 0 Å². The molecule has 4 rings (SSSR count). The minimum absolute atomic E-state index is 0.0125. The smallest absolute Gasteiger partial charge is 0.407 e. The van der Waals surface area contributed by atoms with E-state index >= 15 is 0 Å². The van der Waals surface area contributed by atoms with Gasteiger partial charge in [-0.3, -0.25) is 4.79 Å². The Balaban J connectivity index is 1.28. The van der Waals surface area contributed by atoms with Crippen molar-refractivity contribution in [3.05, 3.63) is 11.6 Å². The van der Waals surface area contributed by atoms with E-state index in [9.17, 15) is 13.5 Å². The summed E-state index contributed by atoms with van der Waals surface area (Å²) in [7, 11) is 1.67. The molecule has 2 aliphatic carbocycles. The van der Waals surface area contributed by atoms with Crippen molar-refractivity contribution < 1.29 is 32.4 Å². The van der Waals surface area contributed by atoms with Crippen LogP contribution in [-0.4, -0.2) is 73.9 Å². The third-order valence-corrected chi connectivity index (χ3v) is 8.45. The topological polar surface area (TPSA) is 114 Å². The molecule has 2 amide bonds. The lowest BCUT2D eigenvalue weighted by Crippen LogP contribution is -2.56. The summed E-state index contributed by atoms with van der Waals surface area (Å²) < 4.78 is 38.4. The van der Waals surface area contributed by atoms with Crippen LogP contribution in [0.3, 0.4) is 0 Å². The largest absolute Gasteiger partial charge is 0.443 e. The highest BCUT2D eigenvalue weighted by molar-refractivity contribution is 7.92. The molecule has 204 valence electrons. The molecule has 2 saturated heterocycles. The van der Waals surface area contributed by atoms with Gasteiger partial charge < -0.3 is 29.6 Å². The standard InChI is InChI=1S/C25H40FN3O6S/c1-15(2)5-10-19-24(3,35-19)22-21(32-4)18(11-12-25(22)14-33-25)34-23(31)29-17-8-6-16(7-9-17)28-20(30)13-27-36-26/h5,16-19,21-22,27H,6-14H2,1-4H3,(H,28,30)(H,29,31)/t16?,17?,18?,19-,21?,22?,24?,25?/m1/s1. The van der Waals surface area contributed by atoms with Crippen LogP contribution in [0.2, 0.25) is 0 Å². The molecule has 4 fully saturated rings. The molecule has 2 aliphatic heterocycles. The highest BCUT2D eigenvalue weighted by atomic mass is 32.2. The summed E-state index contributed by atoms with van der Waals surface area (Å²) in [5.41, 5.74) is 0.634. The number of ether oxygens (including phenoxy) is 4. The Morgan fingerprint density at radius 3 is 2.39 bits per heavy atom. The van der Waals surface area contributed by atoms with Crippen molar-refractivity contribution in [2.24, 2.45) is 5.92 Å². The molecule has 9 nitrogen and oxygen atoms in total. The van der Waals surface area contributed by atoms with Gasteiger partial charge in [-0.05, 0) is 65.7 Å². The lowest BCUT2D eigenvalue weighted by atomic mass is 9.68. The molecule has 5 unspecified atom stereocenters. The van der Waals surface area contributed by atoms with Crippen LogP contribution in [-0.2, 0) is 23.7 Å². The normalized spacial score (nSPS) is 39.2. The lowest BCUT2D eigenvalue weighted by Gasteiger charge is -2.42. The Bertz CT molecular complexity index is 831. The van der Waals surface area contributed by atoms with Gasteiger partial charge in [-0.15, -0.1) is 3.89 Å². The predicted molar refractivity (Wildman–Crippen MR) is 134 cm³/mol. The molecule has 6 atom stereocenters. The third kappa shape index (κ3) is 6.35. The Morgan fingerprint density at radius 1 is 1.14 bits per heavy atom. The Kier molecular flexibility index (Phi) is 8.87. The van der Waals surface area contributed by atoms with Crippen LogP contribution >= 0.6 is 12.3 Å². The van der Waals surface area contributed by atoms with Gasteiger partial charge >= 0.3 is 6.09 Å². The van der Waals surface area contributed by atoms with Gasteiger partial charge in [0.15, 0.2) is 0 Å². The summed E-state index contributed by atoms with van der Waals surface area (Å²) in [6, 6.07) is 0.0182. The highest BCUT2D eigenvalue weighted by Crippen LogP contribution is 2.59. The number of amides is 2. The van der Waals surface area contributed by atoms with Crippen molar-refractivity contribution in [2.45, 2.75) is 107 Å². The zero-order chi connectivity index (χ0) is 25.9. The van der Waals surface area contributed by atoms with Crippen molar-refractivity contribution in [3.8, 4) is 0 Å². The molecule has 0 aromatic carbocycles. The first kappa shape index (κ1) is 27.6. The maximum atomic E-state index is 12.8. The zero-order valence-electron chi connectivity index (χ0n) is 21.6.